The third-order valence-electron chi connectivity index (χ3n) is 4.29. The number of nitrogens with one attached hydrogen (secondary N) is 1. The maximum Gasteiger partial charge on any atom is 0.271 e. The Labute approximate surface area is 181 Å². The number of aromatic nitrogens is 3. The number of rotatable bonds is 9. The third kappa shape index (κ3) is 6.04. The molecule has 152 valence electrons. The van der Waals surface area contributed by atoms with E-state index in [1.807, 2.05) is 25.1 Å². The number of hydrogen-bond acceptors (Lipinski definition) is 6. The molecule has 9 heteroatoms. The van der Waals surface area contributed by atoms with E-state index in [-0.39, 0.29) is 17.4 Å². The molecule has 0 fully saturated rings. The Hall–Kier alpha value is -2.40. The van der Waals surface area contributed by atoms with E-state index in [0.29, 0.717) is 31.8 Å². The van der Waals surface area contributed by atoms with Gasteiger partial charge in [0.1, 0.15) is 12.3 Å². The number of halogens is 2. The van der Waals surface area contributed by atoms with Crippen LogP contribution in [0.15, 0.2) is 42.7 Å². The van der Waals surface area contributed by atoms with Gasteiger partial charge in [0, 0.05) is 29.4 Å². The molecule has 2 heterocycles. The van der Waals surface area contributed by atoms with Gasteiger partial charge in [-0.1, -0.05) is 6.92 Å². The molecule has 3 aromatic rings. The molecule has 0 atom stereocenters. The first-order valence-corrected chi connectivity index (χ1v) is 10.3. The van der Waals surface area contributed by atoms with Crippen LogP contribution >= 0.6 is 22.6 Å². The first-order chi connectivity index (χ1) is 14.1. The molecule has 1 aromatic carbocycles. The molecule has 3 rings (SSSR count). The molecule has 0 unspecified atom stereocenters. The Bertz CT molecular complexity index is 988. The molecule has 7 nitrogen and oxygen atoms in total. The van der Waals surface area contributed by atoms with Crippen LogP contribution < -0.4 is 10.1 Å². The lowest BCUT2D eigenvalue weighted by atomic mass is 10.3. The van der Waals surface area contributed by atoms with Gasteiger partial charge in [-0.2, -0.15) is 4.39 Å². The smallest absolute Gasteiger partial charge is 0.271 e. The number of benzene rings is 1. The standard InChI is InChI=1S/C20H21FIN5O2/c1-2-27(10-11-29-18-4-3-7-23-19(18)21)9-8-24-20(28)17-13-25-16-12-14(22)5-6-15(16)26-17/h3-7,12-13H,2,8-11H2,1H3,(H,24,28)/i22+4. The van der Waals surface area contributed by atoms with E-state index in [9.17, 15) is 9.18 Å². The van der Waals surface area contributed by atoms with Crippen LogP contribution in [0.1, 0.15) is 17.4 Å². The highest BCUT2D eigenvalue weighted by molar-refractivity contribution is 14.1. The summed E-state index contributed by atoms with van der Waals surface area (Å²) in [6, 6.07) is 8.87. The van der Waals surface area contributed by atoms with Crippen LogP contribution in [0.2, 0.25) is 0 Å². The molecule has 0 aliphatic heterocycles. The number of ether oxygens (including phenoxy) is 1. The summed E-state index contributed by atoms with van der Waals surface area (Å²) < 4.78 is 20.0. The van der Waals surface area contributed by atoms with E-state index >= 15 is 0 Å². The SMILES string of the molecule is CCN(CCNC(=O)c1cnc2cc([131I])ccc2n1)CCOc1cccnc1F. The average molecular weight is 513 g/mol. The van der Waals surface area contributed by atoms with Crippen molar-refractivity contribution >= 4 is 39.5 Å². The molecule has 0 saturated carbocycles. The largest absolute Gasteiger partial charge is 0.487 e. The Morgan fingerprint density at radius 3 is 2.90 bits per heavy atom. The molecular formula is C20H21FIN5O2. The molecular weight excluding hydrogens is 492 g/mol. The Balaban J connectivity index is 1.45. The second-order valence-electron chi connectivity index (χ2n) is 6.22. The number of pyridine rings is 1. The van der Waals surface area contributed by atoms with Gasteiger partial charge in [-0.3, -0.25) is 14.7 Å². The Morgan fingerprint density at radius 2 is 2.10 bits per heavy atom. The van der Waals surface area contributed by atoms with Gasteiger partial charge in [0.2, 0.25) is 0 Å². The summed E-state index contributed by atoms with van der Waals surface area (Å²) in [5.41, 5.74) is 1.74. The predicted octanol–water partition coefficient (Wildman–Crippen LogP) is 2.90. The zero-order valence-electron chi connectivity index (χ0n) is 15.9. The van der Waals surface area contributed by atoms with E-state index in [1.54, 1.807) is 12.1 Å². The van der Waals surface area contributed by atoms with Crippen LogP contribution in [0.5, 0.6) is 5.75 Å². The lowest BCUT2D eigenvalue weighted by molar-refractivity contribution is 0.0942. The minimum atomic E-state index is -0.617. The number of carbonyl (C=O) groups is 1. The number of likely N-dealkylation sites (N-methyl/N-ethyl adjacent to an activating group) is 1. The summed E-state index contributed by atoms with van der Waals surface area (Å²) >= 11 is 2.21. The molecule has 0 bridgehead atoms. The van der Waals surface area contributed by atoms with Gasteiger partial charge in [-0.25, -0.2) is 9.97 Å². The zero-order chi connectivity index (χ0) is 20.6. The van der Waals surface area contributed by atoms with E-state index in [2.05, 4.69) is 47.8 Å². The summed E-state index contributed by atoms with van der Waals surface area (Å²) in [6.45, 7) is 4.83. The molecule has 0 radical (unpaired) electrons. The minimum absolute atomic E-state index is 0.140. The molecule has 0 saturated heterocycles. The van der Waals surface area contributed by atoms with Crippen molar-refractivity contribution in [3.05, 3.63) is 57.9 Å². The molecule has 1 N–H and O–H groups in total. The van der Waals surface area contributed by atoms with Crippen LogP contribution in [0.25, 0.3) is 11.0 Å². The maximum atomic E-state index is 13.5. The quantitative estimate of drug-likeness (QED) is 0.350. The van der Waals surface area contributed by atoms with Crippen LogP contribution in [-0.4, -0.2) is 58.5 Å². The summed E-state index contributed by atoms with van der Waals surface area (Å²) in [4.78, 5) is 26.7. The highest BCUT2D eigenvalue weighted by atomic mass is 131. The molecule has 0 aliphatic rings. The van der Waals surface area contributed by atoms with Crippen molar-refractivity contribution in [2.45, 2.75) is 6.92 Å². The lowest BCUT2D eigenvalue weighted by Gasteiger charge is -2.20. The maximum absolute atomic E-state index is 13.5. The number of hydrogen-bond donors (Lipinski definition) is 1. The first kappa shape index (κ1) is 21.3. The highest BCUT2D eigenvalue weighted by Gasteiger charge is 2.10. The summed E-state index contributed by atoms with van der Waals surface area (Å²) in [6.07, 6.45) is 2.87. The van der Waals surface area contributed by atoms with E-state index < -0.39 is 5.95 Å². The van der Waals surface area contributed by atoms with Crippen LogP contribution in [0.4, 0.5) is 4.39 Å². The number of fused-ring (bicyclic) bond motifs is 1. The Kier molecular flexibility index (Phi) is 7.64. The number of amides is 1. The van der Waals surface area contributed by atoms with Crippen molar-refractivity contribution < 1.29 is 13.9 Å². The summed E-state index contributed by atoms with van der Waals surface area (Å²) in [5, 5.41) is 2.86. The van der Waals surface area contributed by atoms with Gasteiger partial charge in [0.15, 0.2) is 5.75 Å². The summed E-state index contributed by atoms with van der Waals surface area (Å²) in [5.74, 6) is -0.738. The number of carbonyl (C=O) groups excluding carboxylic acids is 1. The van der Waals surface area contributed by atoms with Gasteiger partial charge < -0.3 is 10.1 Å². The summed E-state index contributed by atoms with van der Waals surface area (Å²) in [7, 11) is 0. The third-order valence-corrected chi connectivity index (χ3v) is 4.96. The van der Waals surface area contributed by atoms with Crippen molar-refractivity contribution in [1.82, 2.24) is 25.2 Å². The van der Waals surface area contributed by atoms with Crippen LogP contribution in [-0.2, 0) is 0 Å². The zero-order valence-corrected chi connectivity index (χ0v) is 18.1. The second kappa shape index (κ2) is 10.4. The van der Waals surface area contributed by atoms with Crippen molar-refractivity contribution in [2.24, 2.45) is 0 Å². The van der Waals surface area contributed by atoms with Crippen LogP contribution in [0, 0.1) is 9.52 Å². The fourth-order valence-electron chi connectivity index (χ4n) is 2.70. The minimum Gasteiger partial charge on any atom is -0.487 e. The lowest BCUT2D eigenvalue weighted by Crippen LogP contribution is -2.37. The number of nitrogens with zero attached hydrogens (tertiary/aromatic N) is 4. The van der Waals surface area contributed by atoms with E-state index in [1.165, 1.54) is 12.4 Å². The van der Waals surface area contributed by atoms with Crippen LogP contribution in [0.3, 0.4) is 0 Å². The van der Waals surface area contributed by atoms with Gasteiger partial charge in [-0.15, -0.1) is 0 Å². The van der Waals surface area contributed by atoms with Crippen molar-refractivity contribution in [2.75, 3.05) is 32.8 Å². The second-order valence-corrected chi connectivity index (χ2v) is 7.46. The topological polar surface area (TPSA) is 80.2 Å². The molecule has 2 aromatic heterocycles. The first-order valence-electron chi connectivity index (χ1n) is 9.23. The van der Waals surface area contributed by atoms with E-state index in [0.717, 1.165) is 15.6 Å². The predicted molar refractivity (Wildman–Crippen MR) is 116 cm³/mol. The van der Waals surface area contributed by atoms with Crippen molar-refractivity contribution in [3.8, 4) is 5.75 Å². The fourth-order valence-corrected chi connectivity index (χ4v) is 3.18. The van der Waals surface area contributed by atoms with Gasteiger partial charge in [-0.05, 0) is 59.5 Å². The fraction of sp³-hybridized carbons (Fsp3) is 0.300. The Morgan fingerprint density at radius 1 is 1.24 bits per heavy atom. The van der Waals surface area contributed by atoms with Crippen molar-refractivity contribution in [3.63, 3.8) is 0 Å². The van der Waals surface area contributed by atoms with E-state index in [4.69, 9.17) is 4.74 Å². The molecule has 0 spiro atoms. The van der Waals surface area contributed by atoms with Gasteiger partial charge in [0.05, 0.1) is 17.2 Å². The highest BCUT2D eigenvalue weighted by Crippen LogP contribution is 2.14. The molecule has 0 aliphatic carbocycles. The molecule has 29 heavy (non-hydrogen) atoms. The van der Waals surface area contributed by atoms with Crippen molar-refractivity contribution in [1.29, 1.82) is 0 Å². The average Bonchev–Trinajstić information content (AvgIpc) is 2.73. The van der Waals surface area contributed by atoms with Gasteiger partial charge in [0.25, 0.3) is 11.9 Å². The van der Waals surface area contributed by atoms with Gasteiger partial charge >= 0.3 is 0 Å². The monoisotopic (exact) mass is 513 g/mol. The molecule has 1 amide bonds. The normalized spacial score (nSPS) is 11.0.